The summed E-state index contributed by atoms with van der Waals surface area (Å²) in [5, 5.41) is 18.5. The zero-order chi connectivity index (χ0) is 20.8. The minimum Gasteiger partial charge on any atom is -0.488 e. The van der Waals surface area contributed by atoms with E-state index in [0.29, 0.717) is 33.7 Å². The largest absolute Gasteiger partial charge is 0.488 e. The Morgan fingerprint density at radius 3 is 2.69 bits per heavy atom. The molecule has 1 heterocycles. The first-order chi connectivity index (χ1) is 13.9. The lowest BCUT2D eigenvalue weighted by Crippen LogP contribution is -1.99. The van der Waals surface area contributed by atoms with Crippen LogP contribution in [0.1, 0.15) is 23.9 Å². The second-order valence-corrected chi connectivity index (χ2v) is 7.70. The first-order valence-corrected chi connectivity index (χ1v) is 10.1. The van der Waals surface area contributed by atoms with Gasteiger partial charge in [-0.15, -0.1) is 10.2 Å². The molecule has 0 aliphatic carbocycles. The zero-order valence-electron chi connectivity index (χ0n) is 15.3. The Bertz CT molecular complexity index is 1050. The highest BCUT2D eigenvalue weighted by molar-refractivity contribution is 8.03. The van der Waals surface area contributed by atoms with Crippen LogP contribution in [0.2, 0.25) is 10.0 Å². The van der Waals surface area contributed by atoms with Gasteiger partial charge in [0.25, 0.3) is 5.22 Å². The topological polar surface area (TPSA) is 85.5 Å². The molecule has 1 N–H and O–H groups in total. The molecule has 3 aromatic rings. The summed E-state index contributed by atoms with van der Waals surface area (Å²) >= 11 is 13.0. The van der Waals surface area contributed by atoms with E-state index < -0.39 is 5.97 Å². The van der Waals surface area contributed by atoms with Crippen LogP contribution in [-0.4, -0.2) is 21.3 Å². The van der Waals surface area contributed by atoms with Crippen molar-refractivity contribution in [1.82, 2.24) is 10.2 Å². The number of aromatic nitrogens is 2. The number of carbonyl (C=O) groups is 1. The fourth-order valence-electron chi connectivity index (χ4n) is 2.34. The molecule has 0 aliphatic rings. The average molecular weight is 451 g/mol. The molecule has 0 atom stereocenters. The lowest BCUT2D eigenvalue weighted by Gasteiger charge is -2.11. The van der Waals surface area contributed by atoms with Gasteiger partial charge in [-0.2, -0.15) is 0 Å². The number of hydrogen-bond donors (Lipinski definition) is 1. The van der Waals surface area contributed by atoms with Gasteiger partial charge in [0.05, 0.1) is 0 Å². The molecule has 0 amide bonds. The highest BCUT2D eigenvalue weighted by Gasteiger charge is 2.16. The van der Waals surface area contributed by atoms with Crippen molar-refractivity contribution in [1.29, 1.82) is 0 Å². The molecular formula is C20H16Cl2N2O4S. The van der Waals surface area contributed by atoms with Crippen LogP contribution in [0.4, 0.5) is 0 Å². The van der Waals surface area contributed by atoms with Crippen LogP contribution in [0, 0.1) is 0 Å². The zero-order valence-corrected chi connectivity index (χ0v) is 17.6. The third-order valence-corrected chi connectivity index (χ3v) is 5.02. The molecular weight excluding hydrogens is 435 g/mol. The molecule has 6 nitrogen and oxygen atoms in total. The van der Waals surface area contributed by atoms with Gasteiger partial charge in [-0.1, -0.05) is 42.3 Å². The average Bonchev–Trinajstić information content (AvgIpc) is 3.14. The maximum absolute atomic E-state index is 11.7. The van der Waals surface area contributed by atoms with Crippen LogP contribution in [0.3, 0.4) is 0 Å². The highest BCUT2D eigenvalue weighted by Crippen LogP contribution is 2.32. The Balaban J connectivity index is 1.86. The standard InChI is InChI=1S/C20H16Cl2N2O4S/c1-2-18-23-24-20(28-18)29-17(19(25)26)10-13-9-15(22)6-7-16(13)27-11-12-4-3-5-14(21)8-12/h3-10H,2,11H2,1H3,(H,25,26)/b17-10-. The van der Waals surface area contributed by atoms with Crippen molar-refractivity contribution in [2.75, 3.05) is 0 Å². The lowest BCUT2D eigenvalue weighted by molar-refractivity contribution is -0.131. The van der Waals surface area contributed by atoms with Crippen molar-refractivity contribution in [2.24, 2.45) is 0 Å². The van der Waals surface area contributed by atoms with E-state index in [1.807, 2.05) is 19.1 Å². The molecule has 0 saturated heterocycles. The molecule has 0 fully saturated rings. The third kappa shape index (κ3) is 6.00. The van der Waals surface area contributed by atoms with E-state index in [1.165, 1.54) is 6.08 Å². The maximum Gasteiger partial charge on any atom is 0.342 e. The summed E-state index contributed by atoms with van der Waals surface area (Å²) in [6.07, 6.45) is 2.03. The van der Waals surface area contributed by atoms with Crippen molar-refractivity contribution in [3.63, 3.8) is 0 Å². The summed E-state index contributed by atoms with van der Waals surface area (Å²) in [6.45, 7) is 2.13. The van der Waals surface area contributed by atoms with Crippen LogP contribution in [0.5, 0.6) is 5.75 Å². The van der Waals surface area contributed by atoms with Crippen LogP contribution >= 0.6 is 35.0 Å². The predicted octanol–water partition coefficient (Wildman–Crippen LogP) is 5.74. The van der Waals surface area contributed by atoms with E-state index in [4.69, 9.17) is 32.4 Å². The van der Waals surface area contributed by atoms with Crippen LogP contribution in [0.25, 0.3) is 6.08 Å². The molecule has 0 unspecified atom stereocenters. The summed E-state index contributed by atoms with van der Waals surface area (Å²) < 4.78 is 11.3. The molecule has 2 aromatic carbocycles. The number of carboxylic acids is 1. The van der Waals surface area contributed by atoms with Gasteiger partial charge in [0.2, 0.25) is 5.89 Å². The summed E-state index contributed by atoms with van der Waals surface area (Å²) in [5.41, 5.74) is 1.40. The van der Waals surface area contributed by atoms with Gasteiger partial charge < -0.3 is 14.3 Å². The molecule has 1 aromatic heterocycles. The van der Waals surface area contributed by atoms with Crippen molar-refractivity contribution >= 4 is 47.0 Å². The molecule has 0 radical (unpaired) electrons. The molecule has 0 aliphatic heterocycles. The van der Waals surface area contributed by atoms with E-state index in [1.54, 1.807) is 30.3 Å². The minimum atomic E-state index is -1.13. The Hall–Kier alpha value is -2.48. The van der Waals surface area contributed by atoms with E-state index in [0.717, 1.165) is 17.3 Å². The Kier molecular flexibility index (Phi) is 7.19. The molecule has 0 saturated carbocycles. The molecule has 0 bridgehead atoms. The number of rotatable bonds is 8. The van der Waals surface area contributed by atoms with Gasteiger partial charge >= 0.3 is 5.97 Å². The van der Waals surface area contributed by atoms with Crippen molar-refractivity contribution in [2.45, 2.75) is 25.2 Å². The number of aliphatic carboxylic acids is 1. The number of nitrogens with zero attached hydrogens (tertiary/aromatic N) is 2. The fraction of sp³-hybridized carbons (Fsp3) is 0.150. The van der Waals surface area contributed by atoms with Gasteiger partial charge in [0, 0.05) is 22.0 Å². The van der Waals surface area contributed by atoms with Gasteiger partial charge in [-0.25, -0.2) is 4.79 Å². The molecule has 150 valence electrons. The number of hydrogen-bond acceptors (Lipinski definition) is 6. The second-order valence-electron chi connectivity index (χ2n) is 5.83. The smallest absolute Gasteiger partial charge is 0.342 e. The van der Waals surface area contributed by atoms with Crippen molar-refractivity contribution in [3.8, 4) is 5.75 Å². The highest BCUT2D eigenvalue weighted by atomic mass is 35.5. The fourth-order valence-corrected chi connectivity index (χ4v) is 3.42. The Morgan fingerprint density at radius 2 is 2.00 bits per heavy atom. The number of aryl methyl sites for hydroxylation is 1. The van der Waals surface area contributed by atoms with Crippen LogP contribution in [0.15, 0.2) is 57.0 Å². The third-order valence-electron chi connectivity index (χ3n) is 3.70. The first-order valence-electron chi connectivity index (χ1n) is 8.56. The molecule has 9 heteroatoms. The second kappa shape index (κ2) is 9.82. The van der Waals surface area contributed by atoms with Crippen molar-refractivity contribution < 1.29 is 19.1 Å². The number of ether oxygens (including phenoxy) is 1. The van der Waals surface area contributed by atoms with Gasteiger partial charge in [-0.3, -0.25) is 0 Å². The van der Waals surface area contributed by atoms with Gasteiger partial charge in [-0.05, 0) is 53.7 Å². The van der Waals surface area contributed by atoms with E-state index >= 15 is 0 Å². The minimum absolute atomic E-state index is 0.00817. The number of benzene rings is 2. The molecule has 29 heavy (non-hydrogen) atoms. The van der Waals surface area contributed by atoms with E-state index in [9.17, 15) is 9.90 Å². The first kappa shape index (κ1) is 21.2. The molecule has 0 spiro atoms. The predicted molar refractivity (Wildman–Crippen MR) is 112 cm³/mol. The number of halogens is 2. The van der Waals surface area contributed by atoms with Gasteiger partial charge in [0.1, 0.15) is 17.3 Å². The Labute approximate surface area is 181 Å². The number of carboxylic acid groups (broad SMARTS) is 1. The molecule has 3 rings (SSSR count). The quantitative estimate of drug-likeness (QED) is 0.346. The summed E-state index contributed by atoms with van der Waals surface area (Å²) in [5.74, 6) is -0.217. The van der Waals surface area contributed by atoms with Crippen LogP contribution in [-0.2, 0) is 17.8 Å². The summed E-state index contributed by atoms with van der Waals surface area (Å²) in [7, 11) is 0. The normalized spacial score (nSPS) is 11.5. The summed E-state index contributed by atoms with van der Waals surface area (Å²) in [6, 6.07) is 12.3. The lowest BCUT2D eigenvalue weighted by atomic mass is 10.2. The van der Waals surface area contributed by atoms with E-state index in [-0.39, 0.29) is 16.7 Å². The summed E-state index contributed by atoms with van der Waals surface area (Å²) in [4.78, 5) is 11.7. The SMILES string of the molecule is CCc1nnc(S/C(=C\c2cc(Cl)ccc2OCc2cccc(Cl)c2)C(=O)O)o1. The Morgan fingerprint density at radius 1 is 1.21 bits per heavy atom. The van der Waals surface area contributed by atoms with Gasteiger partial charge in [0.15, 0.2) is 0 Å². The number of thioether (sulfide) groups is 1. The van der Waals surface area contributed by atoms with E-state index in [2.05, 4.69) is 10.2 Å². The maximum atomic E-state index is 11.7. The van der Waals surface area contributed by atoms with Crippen LogP contribution < -0.4 is 4.74 Å². The monoisotopic (exact) mass is 450 g/mol. The van der Waals surface area contributed by atoms with Crippen molar-refractivity contribution in [3.05, 3.63) is 74.4 Å².